The first-order chi connectivity index (χ1) is 14.5. The highest BCUT2D eigenvalue weighted by molar-refractivity contribution is 6.30. The highest BCUT2D eigenvalue weighted by Crippen LogP contribution is 2.60. The van der Waals surface area contributed by atoms with Crippen LogP contribution in [0.2, 0.25) is 0 Å². The average Bonchev–Trinajstić information content (AvgIpc) is 3.26. The molecule has 31 heavy (non-hydrogen) atoms. The van der Waals surface area contributed by atoms with Crippen molar-refractivity contribution in [1.82, 2.24) is 0 Å². The number of alkyl halides is 3. The highest BCUT2D eigenvalue weighted by Gasteiger charge is 2.62. The van der Waals surface area contributed by atoms with Gasteiger partial charge in [0.1, 0.15) is 22.6 Å². The molecule has 0 saturated heterocycles. The van der Waals surface area contributed by atoms with Crippen LogP contribution in [-0.4, -0.2) is 12.1 Å². The van der Waals surface area contributed by atoms with E-state index in [2.05, 4.69) is 0 Å². The SMILES string of the molecule is CC1(C)[C@@H](/C=C(/Cl)C(F)(F)F)[C@@H]1C(=O)O[C@@H](C#N)c1cccc(Oc2ccccc2)c1. The fourth-order valence-electron chi connectivity index (χ4n) is 3.42. The van der Waals surface area contributed by atoms with Gasteiger partial charge in [-0.25, -0.2) is 0 Å². The lowest BCUT2D eigenvalue weighted by Crippen LogP contribution is -2.14. The van der Waals surface area contributed by atoms with Gasteiger partial charge >= 0.3 is 12.1 Å². The molecule has 8 heteroatoms. The number of allylic oxidation sites excluding steroid dienone is 2. The smallest absolute Gasteiger partial charge is 0.426 e. The van der Waals surface area contributed by atoms with Crippen LogP contribution in [-0.2, 0) is 9.53 Å². The lowest BCUT2D eigenvalue weighted by molar-refractivity contribution is -0.149. The van der Waals surface area contributed by atoms with Gasteiger partial charge in [0.2, 0.25) is 6.10 Å². The molecule has 2 aromatic rings. The van der Waals surface area contributed by atoms with E-state index in [0.29, 0.717) is 17.1 Å². The van der Waals surface area contributed by atoms with Crippen LogP contribution < -0.4 is 4.74 Å². The van der Waals surface area contributed by atoms with Crippen molar-refractivity contribution in [3.8, 4) is 17.6 Å². The van der Waals surface area contributed by atoms with Crippen molar-refractivity contribution >= 4 is 17.6 Å². The number of benzene rings is 2. The third-order valence-corrected chi connectivity index (χ3v) is 5.59. The topological polar surface area (TPSA) is 59.3 Å². The zero-order valence-electron chi connectivity index (χ0n) is 16.7. The zero-order chi connectivity index (χ0) is 22.8. The van der Waals surface area contributed by atoms with Crippen LogP contribution in [0.15, 0.2) is 65.7 Å². The number of nitrogens with zero attached hydrogens (tertiary/aromatic N) is 1. The average molecular weight is 450 g/mol. The maximum atomic E-state index is 12.7. The lowest BCUT2D eigenvalue weighted by Gasteiger charge is -2.13. The first kappa shape index (κ1) is 22.7. The van der Waals surface area contributed by atoms with Crippen LogP contribution in [0.5, 0.6) is 11.5 Å². The van der Waals surface area contributed by atoms with E-state index < -0.39 is 40.5 Å². The number of nitriles is 1. The molecule has 0 amide bonds. The summed E-state index contributed by atoms with van der Waals surface area (Å²) in [6.45, 7) is 3.30. The van der Waals surface area contributed by atoms with Gasteiger partial charge in [-0.3, -0.25) is 4.79 Å². The Kier molecular flexibility index (Phi) is 6.33. The molecular formula is C23H19ClF3NO3. The Morgan fingerprint density at radius 2 is 1.81 bits per heavy atom. The summed E-state index contributed by atoms with van der Waals surface area (Å²) in [5, 5.41) is 8.23. The van der Waals surface area contributed by atoms with Gasteiger partial charge in [0.15, 0.2) is 0 Å². The predicted molar refractivity (Wildman–Crippen MR) is 108 cm³/mol. The summed E-state index contributed by atoms with van der Waals surface area (Å²) in [4.78, 5) is 12.6. The molecule has 3 atom stereocenters. The Morgan fingerprint density at radius 3 is 2.42 bits per heavy atom. The van der Waals surface area contributed by atoms with Crippen molar-refractivity contribution in [1.29, 1.82) is 5.26 Å². The Labute approximate surface area is 182 Å². The molecule has 1 saturated carbocycles. The molecule has 0 aliphatic heterocycles. The van der Waals surface area contributed by atoms with Gasteiger partial charge in [-0.05, 0) is 35.6 Å². The van der Waals surface area contributed by atoms with Crippen molar-refractivity contribution in [2.45, 2.75) is 26.1 Å². The maximum absolute atomic E-state index is 12.7. The molecular weight excluding hydrogens is 431 g/mol. The van der Waals surface area contributed by atoms with Crippen molar-refractivity contribution in [2.24, 2.45) is 17.3 Å². The summed E-state index contributed by atoms with van der Waals surface area (Å²) in [6.07, 6.45) is -5.07. The first-order valence-electron chi connectivity index (χ1n) is 9.41. The fraction of sp³-hybridized carbons (Fsp3) is 0.304. The van der Waals surface area contributed by atoms with E-state index in [4.69, 9.17) is 21.1 Å². The number of carbonyl (C=O) groups is 1. The third kappa shape index (κ3) is 5.20. The molecule has 1 aliphatic rings. The number of ether oxygens (including phenoxy) is 2. The first-order valence-corrected chi connectivity index (χ1v) is 9.79. The number of halogens is 4. The summed E-state index contributed by atoms with van der Waals surface area (Å²) < 4.78 is 49.2. The van der Waals surface area contributed by atoms with Gasteiger partial charge in [-0.15, -0.1) is 0 Å². The van der Waals surface area contributed by atoms with Gasteiger partial charge in [-0.2, -0.15) is 18.4 Å². The monoisotopic (exact) mass is 449 g/mol. The molecule has 1 aliphatic carbocycles. The summed E-state index contributed by atoms with van der Waals surface area (Å²) in [6, 6.07) is 17.4. The van der Waals surface area contributed by atoms with Crippen LogP contribution >= 0.6 is 11.6 Å². The molecule has 0 spiro atoms. The van der Waals surface area contributed by atoms with Crippen LogP contribution in [0, 0.1) is 28.6 Å². The Bertz CT molecular complexity index is 1030. The van der Waals surface area contributed by atoms with Gasteiger partial charge in [-0.1, -0.05) is 61.9 Å². The highest BCUT2D eigenvalue weighted by atomic mass is 35.5. The second-order valence-electron chi connectivity index (χ2n) is 7.77. The zero-order valence-corrected chi connectivity index (χ0v) is 17.4. The summed E-state index contributed by atoms with van der Waals surface area (Å²) in [5.41, 5.74) is -0.371. The van der Waals surface area contributed by atoms with Crippen molar-refractivity contribution < 1.29 is 27.4 Å². The van der Waals surface area contributed by atoms with Gasteiger partial charge in [0.05, 0.1) is 5.92 Å². The normalized spacial score (nSPS) is 21.0. The van der Waals surface area contributed by atoms with Crippen molar-refractivity contribution in [3.63, 3.8) is 0 Å². The van der Waals surface area contributed by atoms with E-state index in [1.54, 1.807) is 50.2 Å². The van der Waals surface area contributed by atoms with Crippen molar-refractivity contribution in [3.05, 3.63) is 71.3 Å². The molecule has 0 heterocycles. The van der Waals surface area contributed by atoms with Crippen LogP contribution in [0.1, 0.15) is 25.5 Å². The van der Waals surface area contributed by atoms with Gasteiger partial charge in [0.25, 0.3) is 0 Å². The minimum atomic E-state index is -4.68. The minimum absolute atomic E-state index is 0.392. The maximum Gasteiger partial charge on any atom is 0.426 e. The Morgan fingerprint density at radius 1 is 1.16 bits per heavy atom. The Balaban J connectivity index is 1.72. The number of hydrogen-bond acceptors (Lipinski definition) is 4. The van der Waals surface area contributed by atoms with Crippen LogP contribution in [0.25, 0.3) is 0 Å². The standard InChI is InChI=1S/C23H19ClF3NO3/c1-22(2)17(12-19(24)23(25,26)27)20(22)21(29)31-18(13-28)14-7-6-10-16(11-14)30-15-8-4-3-5-9-15/h3-12,17-18,20H,1-2H3/b19-12+/t17-,18-,20+/m0/s1. The minimum Gasteiger partial charge on any atom is -0.457 e. The molecule has 3 rings (SSSR count). The fourth-order valence-corrected chi connectivity index (χ4v) is 3.55. The molecule has 162 valence electrons. The molecule has 4 nitrogen and oxygen atoms in total. The van der Waals surface area contributed by atoms with E-state index in [-0.39, 0.29) is 0 Å². The number of carbonyl (C=O) groups excluding carboxylic acids is 1. The van der Waals surface area contributed by atoms with E-state index in [0.717, 1.165) is 6.08 Å². The lowest BCUT2D eigenvalue weighted by atomic mass is 10.1. The van der Waals surface area contributed by atoms with E-state index in [1.165, 1.54) is 0 Å². The van der Waals surface area contributed by atoms with Gasteiger partial charge < -0.3 is 9.47 Å². The molecule has 2 aromatic carbocycles. The molecule has 0 radical (unpaired) electrons. The summed E-state index contributed by atoms with van der Waals surface area (Å²) in [7, 11) is 0. The van der Waals surface area contributed by atoms with Gasteiger partial charge in [0, 0.05) is 5.56 Å². The second-order valence-corrected chi connectivity index (χ2v) is 8.18. The predicted octanol–water partition coefficient (Wildman–Crippen LogP) is 6.54. The quantitative estimate of drug-likeness (QED) is 0.469. The van der Waals surface area contributed by atoms with E-state index in [9.17, 15) is 23.2 Å². The van der Waals surface area contributed by atoms with Crippen molar-refractivity contribution in [2.75, 3.05) is 0 Å². The number of rotatable bonds is 6. The Hall–Kier alpha value is -2.98. The number of para-hydroxylation sites is 1. The van der Waals surface area contributed by atoms with Crippen LogP contribution in [0.4, 0.5) is 13.2 Å². The number of esters is 1. The molecule has 1 fully saturated rings. The second kappa shape index (κ2) is 8.64. The molecule has 0 unspecified atom stereocenters. The summed E-state index contributed by atoms with van der Waals surface area (Å²) in [5.74, 6) is -1.27. The molecule has 0 bridgehead atoms. The summed E-state index contributed by atoms with van der Waals surface area (Å²) >= 11 is 5.32. The van der Waals surface area contributed by atoms with Crippen LogP contribution in [0.3, 0.4) is 0 Å². The molecule has 0 N–H and O–H groups in total. The number of hydrogen-bond donors (Lipinski definition) is 0. The third-order valence-electron chi connectivity index (χ3n) is 5.25. The largest absolute Gasteiger partial charge is 0.457 e. The molecule has 0 aromatic heterocycles. The van der Waals surface area contributed by atoms with E-state index >= 15 is 0 Å². The van der Waals surface area contributed by atoms with E-state index in [1.807, 2.05) is 24.3 Å².